The predicted octanol–water partition coefficient (Wildman–Crippen LogP) is 0.212. The Morgan fingerprint density at radius 2 is 2.05 bits per heavy atom. The SMILES string of the molecule is Nc1ccc(F)c(S(=O)(=O)NCCNC(=O)C2CC2)c1. The minimum absolute atomic E-state index is 0.00493. The van der Waals surface area contributed by atoms with Crippen molar-refractivity contribution in [3.05, 3.63) is 24.0 Å². The van der Waals surface area contributed by atoms with Crippen molar-refractivity contribution < 1.29 is 17.6 Å². The summed E-state index contributed by atoms with van der Waals surface area (Å²) in [5, 5.41) is 2.61. The first-order chi connectivity index (χ1) is 9.40. The number of nitrogens with one attached hydrogen (secondary N) is 2. The second kappa shape index (κ2) is 5.76. The van der Waals surface area contributed by atoms with Crippen molar-refractivity contribution in [1.29, 1.82) is 0 Å². The second-order valence-electron chi connectivity index (χ2n) is 4.65. The number of nitrogen functional groups attached to an aromatic ring is 1. The molecule has 1 aromatic rings. The van der Waals surface area contributed by atoms with E-state index < -0.39 is 20.7 Å². The van der Waals surface area contributed by atoms with Gasteiger partial charge < -0.3 is 11.1 Å². The Labute approximate surface area is 116 Å². The summed E-state index contributed by atoms with van der Waals surface area (Å²) in [5.41, 5.74) is 5.60. The van der Waals surface area contributed by atoms with E-state index >= 15 is 0 Å². The molecule has 0 aromatic heterocycles. The molecule has 0 spiro atoms. The van der Waals surface area contributed by atoms with Crippen molar-refractivity contribution in [3.8, 4) is 0 Å². The fourth-order valence-electron chi connectivity index (χ4n) is 1.66. The highest BCUT2D eigenvalue weighted by Gasteiger charge is 2.29. The topological polar surface area (TPSA) is 101 Å². The molecule has 1 saturated carbocycles. The number of hydrogen-bond donors (Lipinski definition) is 3. The Morgan fingerprint density at radius 1 is 1.35 bits per heavy atom. The van der Waals surface area contributed by atoms with Crippen LogP contribution in [0.4, 0.5) is 10.1 Å². The number of anilines is 1. The molecule has 20 heavy (non-hydrogen) atoms. The highest BCUT2D eigenvalue weighted by Crippen LogP contribution is 2.28. The van der Waals surface area contributed by atoms with Crippen molar-refractivity contribution in [3.63, 3.8) is 0 Å². The number of halogens is 1. The van der Waals surface area contributed by atoms with Gasteiger partial charge in [0.25, 0.3) is 0 Å². The van der Waals surface area contributed by atoms with Gasteiger partial charge in [0, 0.05) is 24.7 Å². The minimum atomic E-state index is -3.97. The van der Waals surface area contributed by atoms with Gasteiger partial charge in [-0.1, -0.05) is 0 Å². The van der Waals surface area contributed by atoms with Gasteiger partial charge in [0.2, 0.25) is 15.9 Å². The smallest absolute Gasteiger partial charge is 0.243 e. The molecule has 0 unspecified atom stereocenters. The lowest BCUT2D eigenvalue weighted by atomic mass is 10.3. The number of hydrogen-bond acceptors (Lipinski definition) is 4. The van der Waals surface area contributed by atoms with Crippen LogP contribution >= 0.6 is 0 Å². The fourth-order valence-corrected chi connectivity index (χ4v) is 2.81. The summed E-state index contributed by atoms with van der Waals surface area (Å²) in [7, 11) is -3.97. The molecule has 110 valence electrons. The predicted molar refractivity (Wildman–Crippen MR) is 71.7 cm³/mol. The molecule has 1 amide bonds. The van der Waals surface area contributed by atoms with Crippen molar-refractivity contribution in [1.82, 2.24) is 10.0 Å². The molecule has 1 aromatic carbocycles. The highest BCUT2D eigenvalue weighted by molar-refractivity contribution is 7.89. The van der Waals surface area contributed by atoms with E-state index in [1.165, 1.54) is 6.07 Å². The molecule has 0 atom stereocenters. The summed E-state index contributed by atoms with van der Waals surface area (Å²) >= 11 is 0. The van der Waals surface area contributed by atoms with Crippen LogP contribution in [0.5, 0.6) is 0 Å². The molecule has 8 heteroatoms. The Hall–Kier alpha value is -1.67. The van der Waals surface area contributed by atoms with Crippen LogP contribution in [0, 0.1) is 11.7 Å². The Kier molecular flexibility index (Phi) is 4.24. The lowest BCUT2D eigenvalue weighted by Crippen LogP contribution is -2.35. The van der Waals surface area contributed by atoms with Crippen LogP contribution in [0.15, 0.2) is 23.1 Å². The summed E-state index contributed by atoms with van der Waals surface area (Å²) in [6.45, 7) is 0.160. The van der Waals surface area contributed by atoms with Gasteiger partial charge in [-0.3, -0.25) is 4.79 Å². The molecule has 0 heterocycles. The highest BCUT2D eigenvalue weighted by atomic mass is 32.2. The van der Waals surface area contributed by atoms with Crippen molar-refractivity contribution in [2.75, 3.05) is 18.8 Å². The molecule has 0 bridgehead atoms. The first-order valence-electron chi connectivity index (χ1n) is 6.22. The van der Waals surface area contributed by atoms with Crippen molar-refractivity contribution in [2.45, 2.75) is 17.7 Å². The van der Waals surface area contributed by atoms with Gasteiger partial charge in [0.1, 0.15) is 10.7 Å². The van der Waals surface area contributed by atoms with Gasteiger partial charge in [-0.15, -0.1) is 0 Å². The monoisotopic (exact) mass is 301 g/mol. The van der Waals surface area contributed by atoms with Crippen LogP contribution in [-0.4, -0.2) is 27.4 Å². The van der Waals surface area contributed by atoms with E-state index in [1.54, 1.807) is 0 Å². The number of rotatable bonds is 6. The summed E-state index contributed by atoms with van der Waals surface area (Å²) in [5.74, 6) is -0.869. The van der Waals surface area contributed by atoms with E-state index in [2.05, 4.69) is 10.0 Å². The van der Waals surface area contributed by atoms with Crippen LogP contribution < -0.4 is 15.8 Å². The molecule has 0 aliphatic heterocycles. The number of sulfonamides is 1. The summed E-state index contributed by atoms with van der Waals surface area (Å²) in [4.78, 5) is 10.8. The number of carbonyl (C=O) groups excluding carboxylic acids is 1. The molecule has 1 fully saturated rings. The Balaban J connectivity index is 1.90. The van der Waals surface area contributed by atoms with Crippen LogP contribution in [0.1, 0.15) is 12.8 Å². The molecular formula is C12H16FN3O3S. The maximum Gasteiger partial charge on any atom is 0.243 e. The molecule has 0 radical (unpaired) electrons. The zero-order valence-electron chi connectivity index (χ0n) is 10.7. The van der Waals surface area contributed by atoms with Gasteiger partial charge >= 0.3 is 0 Å². The zero-order valence-corrected chi connectivity index (χ0v) is 11.5. The minimum Gasteiger partial charge on any atom is -0.399 e. The number of benzene rings is 1. The lowest BCUT2D eigenvalue weighted by molar-refractivity contribution is -0.122. The van der Waals surface area contributed by atoms with E-state index in [0.29, 0.717) is 0 Å². The molecule has 4 N–H and O–H groups in total. The molecule has 1 aliphatic rings. The van der Waals surface area contributed by atoms with Crippen molar-refractivity contribution >= 4 is 21.6 Å². The van der Waals surface area contributed by atoms with E-state index in [4.69, 9.17) is 5.73 Å². The van der Waals surface area contributed by atoms with E-state index in [-0.39, 0.29) is 30.6 Å². The van der Waals surface area contributed by atoms with Crippen molar-refractivity contribution in [2.24, 2.45) is 5.92 Å². The summed E-state index contributed by atoms with van der Waals surface area (Å²) in [6.07, 6.45) is 1.76. The summed E-state index contributed by atoms with van der Waals surface area (Å²) in [6, 6.07) is 3.34. The Bertz CT molecular complexity index is 614. The van der Waals surface area contributed by atoms with Gasteiger partial charge in [-0.05, 0) is 31.0 Å². The third-order valence-corrected chi connectivity index (χ3v) is 4.39. The number of nitrogens with two attached hydrogens (primary N) is 1. The normalized spacial score (nSPS) is 15.1. The first kappa shape index (κ1) is 14.7. The Morgan fingerprint density at radius 3 is 2.70 bits per heavy atom. The van der Waals surface area contributed by atoms with Gasteiger partial charge in [-0.25, -0.2) is 17.5 Å². The number of amides is 1. The van der Waals surface area contributed by atoms with Gasteiger partial charge in [0.05, 0.1) is 0 Å². The maximum absolute atomic E-state index is 13.5. The fraction of sp³-hybridized carbons (Fsp3) is 0.417. The maximum atomic E-state index is 13.5. The van der Waals surface area contributed by atoms with E-state index in [1.807, 2.05) is 0 Å². The van der Waals surface area contributed by atoms with Gasteiger partial charge in [-0.2, -0.15) is 0 Å². The molecular weight excluding hydrogens is 285 g/mol. The van der Waals surface area contributed by atoms with E-state index in [0.717, 1.165) is 25.0 Å². The van der Waals surface area contributed by atoms with Gasteiger partial charge in [0.15, 0.2) is 0 Å². The standard InChI is InChI=1S/C12H16FN3O3S/c13-10-4-3-9(14)7-11(10)20(18,19)16-6-5-15-12(17)8-1-2-8/h3-4,7-8,16H,1-2,5-6,14H2,(H,15,17). The number of carbonyl (C=O) groups is 1. The molecule has 6 nitrogen and oxygen atoms in total. The van der Waals surface area contributed by atoms with Crippen LogP contribution in [-0.2, 0) is 14.8 Å². The molecule has 2 rings (SSSR count). The second-order valence-corrected chi connectivity index (χ2v) is 6.39. The average molecular weight is 301 g/mol. The largest absolute Gasteiger partial charge is 0.399 e. The lowest BCUT2D eigenvalue weighted by Gasteiger charge is -2.09. The summed E-state index contributed by atoms with van der Waals surface area (Å²) < 4.78 is 39.4. The third kappa shape index (κ3) is 3.67. The zero-order chi connectivity index (χ0) is 14.8. The van der Waals surface area contributed by atoms with E-state index in [9.17, 15) is 17.6 Å². The van der Waals surface area contributed by atoms with Crippen LogP contribution in [0.25, 0.3) is 0 Å². The molecule has 0 saturated heterocycles. The van der Waals surface area contributed by atoms with Crippen LogP contribution in [0.2, 0.25) is 0 Å². The van der Waals surface area contributed by atoms with Crippen LogP contribution in [0.3, 0.4) is 0 Å². The first-order valence-corrected chi connectivity index (χ1v) is 7.71. The average Bonchev–Trinajstić information content (AvgIpc) is 3.21. The quantitative estimate of drug-likeness (QED) is 0.516. The third-order valence-electron chi connectivity index (χ3n) is 2.91. The molecule has 1 aliphatic carbocycles.